The second-order valence-corrected chi connectivity index (χ2v) is 9.79. The molecule has 0 saturated heterocycles. The number of oxazole rings is 1. The van der Waals surface area contributed by atoms with Crippen LogP contribution in [0.2, 0.25) is 0 Å². The molecule has 8 heteroatoms. The molecule has 164 valence electrons. The fourth-order valence-corrected chi connectivity index (χ4v) is 4.67. The normalized spacial score (nSPS) is 11.3. The van der Waals surface area contributed by atoms with E-state index in [0.29, 0.717) is 12.3 Å². The molecule has 4 rings (SSSR count). The summed E-state index contributed by atoms with van der Waals surface area (Å²) in [5.74, 6) is 1.00. The van der Waals surface area contributed by atoms with Crippen LogP contribution in [0.1, 0.15) is 12.5 Å². The van der Waals surface area contributed by atoms with Crippen LogP contribution in [0.3, 0.4) is 0 Å². The molecular formula is C24H21BrN2O4S. The molecule has 1 heterocycles. The van der Waals surface area contributed by atoms with E-state index in [1.807, 2.05) is 38.1 Å². The molecule has 6 nitrogen and oxygen atoms in total. The van der Waals surface area contributed by atoms with Gasteiger partial charge in [-0.25, -0.2) is 8.42 Å². The van der Waals surface area contributed by atoms with Crippen molar-refractivity contribution in [1.82, 2.24) is 4.98 Å². The van der Waals surface area contributed by atoms with Crippen LogP contribution in [0.25, 0.3) is 11.5 Å². The third-order valence-electron chi connectivity index (χ3n) is 4.77. The monoisotopic (exact) mass is 512 g/mol. The zero-order chi connectivity index (χ0) is 22.7. The Bertz CT molecular complexity index is 1330. The average Bonchev–Trinajstić information content (AvgIpc) is 3.20. The largest absolute Gasteiger partial charge is 0.494 e. The maximum atomic E-state index is 13.4. The van der Waals surface area contributed by atoms with Crippen molar-refractivity contribution in [1.29, 1.82) is 0 Å². The first-order valence-electron chi connectivity index (χ1n) is 9.96. The number of hydrogen-bond acceptors (Lipinski definition) is 6. The molecule has 0 unspecified atom stereocenters. The zero-order valence-corrected chi connectivity index (χ0v) is 19.9. The summed E-state index contributed by atoms with van der Waals surface area (Å²) in [5.41, 5.74) is 2.29. The Morgan fingerprint density at radius 2 is 1.69 bits per heavy atom. The summed E-state index contributed by atoms with van der Waals surface area (Å²) in [6.45, 7) is 4.39. The summed E-state index contributed by atoms with van der Waals surface area (Å²) in [6, 6.07) is 21.1. The van der Waals surface area contributed by atoms with E-state index in [1.165, 1.54) is 12.1 Å². The van der Waals surface area contributed by atoms with Gasteiger partial charge >= 0.3 is 0 Å². The molecule has 0 aliphatic rings. The number of nitrogens with one attached hydrogen (secondary N) is 1. The first kappa shape index (κ1) is 22.1. The number of benzene rings is 3. The third kappa shape index (κ3) is 4.56. The zero-order valence-electron chi connectivity index (χ0n) is 17.5. The van der Waals surface area contributed by atoms with Crippen LogP contribution < -0.4 is 10.1 Å². The van der Waals surface area contributed by atoms with Gasteiger partial charge in [0.05, 0.1) is 11.5 Å². The fourth-order valence-electron chi connectivity index (χ4n) is 3.15. The first-order chi connectivity index (χ1) is 15.4. The van der Waals surface area contributed by atoms with Crippen molar-refractivity contribution in [3.8, 4) is 17.2 Å². The van der Waals surface area contributed by atoms with E-state index in [2.05, 4.69) is 26.2 Å². The Morgan fingerprint density at radius 3 is 2.34 bits per heavy atom. The number of rotatable bonds is 7. The number of nitrogens with zero attached hydrogens (tertiary/aromatic N) is 1. The van der Waals surface area contributed by atoms with Gasteiger partial charge in [0.1, 0.15) is 5.75 Å². The number of sulfone groups is 1. The van der Waals surface area contributed by atoms with Crippen LogP contribution in [-0.2, 0) is 9.84 Å². The molecule has 1 N–H and O–H groups in total. The van der Waals surface area contributed by atoms with Gasteiger partial charge in [0.25, 0.3) is 0 Å². The quantitative estimate of drug-likeness (QED) is 0.309. The second kappa shape index (κ2) is 9.18. The summed E-state index contributed by atoms with van der Waals surface area (Å²) in [6.07, 6.45) is 0. The van der Waals surface area contributed by atoms with Crippen LogP contribution in [-0.4, -0.2) is 20.0 Å². The van der Waals surface area contributed by atoms with Crippen molar-refractivity contribution in [2.24, 2.45) is 0 Å². The van der Waals surface area contributed by atoms with Gasteiger partial charge < -0.3 is 14.5 Å². The molecular weight excluding hydrogens is 492 g/mol. The molecule has 1 aromatic heterocycles. The lowest BCUT2D eigenvalue weighted by molar-refractivity contribution is 0.340. The van der Waals surface area contributed by atoms with Crippen LogP contribution in [0, 0.1) is 6.92 Å². The van der Waals surface area contributed by atoms with Gasteiger partial charge in [-0.05, 0) is 74.0 Å². The van der Waals surface area contributed by atoms with Crippen LogP contribution >= 0.6 is 15.9 Å². The molecule has 0 spiro atoms. The molecule has 0 radical (unpaired) electrons. The lowest BCUT2D eigenvalue weighted by Crippen LogP contribution is -2.05. The van der Waals surface area contributed by atoms with E-state index in [1.54, 1.807) is 36.4 Å². The Kier molecular flexibility index (Phi) is 6.34. The highest BCUT2D eigenvalue weighted by Crippen LogP contribution is 2.35. The molecule has 0 bridgehead atoms. The lowest BCUT2D eigenvalue weighted by Gasteiger charge is -2.08. The molecule has 0 fully saturated rings. The molecule has 32 heavy (non-hydrogen) atoms. The Hall–Kier alpha value is -3.10. The van der Waals surface area contributed by atoms with E-state index in [-0.39, 0.29) is 21.7 Å². The Balaban J connectivity index is 1.80. The van der Waals surface area contributed by atoms with Crippen molar-refractivity contribution < 1.29 is 17.6 Å². The number of aryl methyl sites for hydroxylation is 1. The number of hydrogen-bond donors (Lipinski definition) is 1. The van der Waals surface area contributed by atoms with Crippen LogP contribution in [0.5, 0.6) is 5.75 Å². The van der Waals surface area contributed by atoms with Gasteiger partial charge in [-0.3, -0.25) is 0 Å². The highest BCUT2D eigenvalue weighted by Gasteiger charge is 2.29. The predicted octanol–water partition coefficient (Wildman–Crippen LogP) is 6.39. The van der Waals surface area contributed by atoms with E-state index < -0.39 is 9.84 Å². The highest BCUT2D eigenvalue weighted by molar-refractivity contribution is 9.10. The van der Waals surface area contributed by atoms with Crippen LogP contribution in [0.4, 0.5) is 11.6 Å². The number of aromatic nitrogens is 1. The summed E-state index contributed by atoms with van der Waals surface area (Å²) in [7, 11) is -3.94. The summed E-state index contributed by atoms with van der Waals surface area (Å²) in [4.78, 5) is 4.53. The van der Waals surface area contributed by atoms with Gasteiger partial charge in [0.2, 0.25) is 26.6 Å². The van der Waals surface area contributed by atoms with E-state index in [0.717, 1.165) is 21.3 Å². The Labute approximate surface area is 195 Å². The number of halogens is 1. The molecule has 0 atom stereocenters. The van der Waals surface area contributed by atoms with Crippen molar-refractivity contribution in [2.45, 2.75) is 23.8 Å². The fraction of sp³-hybridized carbons (Fsp3) is 0.125. The van der Waals surface area contributed by atoms with Gasteiger partial charge in [0, 0.05) is 15.7 Å². The SMILES string of the molecule is CCOc1ccc(Nc2oc(-c3ccccc3C)nc2S(=O)(=O)c2ccc(Br)cc2)cc1. The van der Waals surface area contributed by atoms with E-state index in [9.17, 15) is 8.42 Å². The Morgan fingerprint density at radius 1 is 1.00 bits per heavy atom. The molecule has 0 saturated carbocycles. The highest BCUT2D eigenvalue weighted by atomic mass is 79.9. The summed E-state index contributed by atoms with van der Waals surface area (Å²) >= 11 is 3.34. The third-order valence-corrected chi connectivity index (χ3v) is 6.98. The summed E-state index contributed by atoms with van der Waals surface area (Å²) in [5, 5.41) is 2.89. The molecule has 0 aliphatic heterocycles. The smallest absolute Gasteiger partial charge is 0.238 e. The topological polar surface area (TPSA) is 81.4 Å². The van der Waals surface area contributed by atoms with Gasteiger partial charge in [-0.15, -0.1) is 0 Å². The van der Waals surface area contributed by atoms with Crippen molar-refractivity contribution in [3.63, 3.8) is 0 Å². The summed E-state index contributed by atoms with van der Waals surface area (Å²) < 4.78 is 39.1. The minimum Gasteiger partial charge on any atom is -0.494 e. The molecule has 3 aromatic carbocycles. The minimum absolute atomic E-state index is 0.0512. The second-order valence-electron chi connectivity index (χ2n) is 7.01. The van der Waals surface area contributed by atoms with Crippen molar-refractivity contribution >= 4 is 37.3 Å². The predicted molar refractivity (Wildman–Crippen MR) is 127 cm³/mol. The minimum atomic E-state index is -3.94. The molecule has 4 aromatic rings. The first-order valence-corrected chi connectivity index (χ1v) is 12.2. The van der Waals surface area contributed by atoms with Gasteiger partial charge in [0.15, 0.2) is 0 Å². The average molecular weight is 513 g/mol. The van der Waals surface area contributed by atoms with Crippen molar-refractivity contribution in [2.75, 3.05) is 11.9 Å². The number of ether oxygens (including phenoxy) is 1. The maximum absolute atomic E-state index is 13.4. The maximum Gasteiger partial charge on any atom is 0.238 e. The van der Waals surface area contributed by atoms with Crippen LogP contribution in [0.15, 0.2) is 91.6 Å². The standard InChI is InChI=1S/C24H21BrN2O4S/c1-3-30-19-12-10-18(11-13-19)26-23-24(32(28,29)20-14-8-17(25)9-15-20)27-22(31-23)21-7-5-4-6-16(21)2/h4-15,26H,3H2,1-2H3. The lowest BCUT2D eigenvalue weighted by atomic mass is 10.1. The van der Waals surface area contributed by atoms with E-state index >= 15 is 0 Å². The van der Waals surface area contributed by atoms with Gasteiger partial charge in [-0.1, -0.05) is 34.1 Å². The van der Waals surface area contributed by atoms with E-state index in [4.69, 9.17) is 9.15 Å². The molecule has 0 amide bonds. The van der Waals surface area contributed by atoms with Crippen molar-refractivity contribution in [3.05, 3.63) is 82.8 Å². The number of anilines is 2. The molecule has 0 aliphatic carbocycles. The van der Waals surface area contributed by atoms with Gasteiger partial charge in [-0.2, -0.15) is 4.98 Å².